The van der Waals surface area contributed by atoms with Crippen LogP contribution in [0, 0.1) is 0 Å². The lowest BCUT2D eigenvalue weighted by molar-refractivity contribution is -0.128. The highest BCUT2D eigenvalue weighted by Gasteiger charge is 2.17. The molecule has 1 amide bonds. The number of guanidine groups is 1. The molecule has 0 saturated carbocycles. The summed E-state index contributed by atoms with van der Waals surface area (Å²) >= 11 is 0. The van der Waals surface area contributed by atoms with Gasteiger partial charge in [0.25, 0.3) is 0 Å². The van der Waals surface area contributed by atoms with E-state index < -0.39 is 6.61 Å². The Hall–Kier alpha value is -2.38. The first-order valence-corrected chi connectivity index (χ1v) is 8.42. The third-order valence-corrected chi connectivity index (χ3v) is 3.75. The van der Waals surface area contributed by atoms with E-state index in [2.05, 4.69) is 20.4 Å². The van der Waals surface area contributed by atoms with E-state index in [1.54, 1.807) is 12.1 Å². The van der Waals surface area contributed by atoms with Gasteiger partial charge in [0.15, 0.2) is 5.96 Å². The quantitative estimate of drug-likeness (QED) is 0.580. The summed E-state index contributed by atoms with van der Waals surface area (Å²) < 4.78 is 28.9. The number of hydrogen-bond donors (Lipinski definition) is 2. The zero-order valence-electron chi connectivity index (χ0n) is 14.3. The summed E-state index contributed by atoms with van der Waals surface area (Å²) in [5.74, 6) is 0.663. The van der Waals surface area contributed by atoms with Crippen molar-refractivity contribution in [3.05, 3.63) is 29.8 Å². The van der Waals surface area contributed by atoms with Crippen LogP contribution in [0.25, 0.3) is 0 Å². The Morgan fingerprint density at radius 3 is 2.76 bits per heavy atom. The summed E-state index contributed by atoms with van der Waals surface area (Å²) in [6.45, 7) is 1.81. The van der Waals surface area contributed by atoms with Crippen molar-refractivity contribution in [1.82, 2.24) is 15.5 Å². The highest BCUT2D eigenvalue weighted by atomic mass is 19.3. The Kier molecular flexibility index (Phi) is 7.43. The SMILES string of the molecule is CCNC(=NCc1cccc(OC(F)F)c1)NCC(=O)N1CCCC1. The van der Waals surface area contributed by atoms with E-state index in [1.807, 2.05) is 11.8 Å². The van der Waals surface area contributed by atoms with Crippen molar-refractivity contribution < 1.29 is 18.3 Å². The smallest absolute Gasteiger partial charge is 0.387 e. The molecule has 1 saturated heterocycles. The average molecular weight is 354 g/mol. The fourth-order valence-corrected chi connectivity index (χ4v) is 2.57. The van der Waals surface area contributed by atoms with E-state index in [-0.39, 0.29) is 24.7 Å². The van der Waals surface area contributed by atoms with Gasteiger partial charge in [-0.15, -0.1) is 0 Å². The molecule has 1 aliphatic rings. The van der Waals surface area contributed by atoms with E-state index in [0.29, 0.717) is 12.5 Å². The van der Waals surface area contributed by atoms with Crippen molar-refractivity contribution in [2.75, 3.05) is 26.2 Å². The molecule has 8 heteroatoms. The molecule has 25 heavy (non-hydrogen) atoms. The number of hydrogen-bond acceptors (Lipinski definition) is 3. The zero-order valence-corrected chi connectivity index (χ0v) is 14.3. The number of nitrogens with zero attached hydrogens (tertiary/aromatic N) is 2. The van der Waals surface area contributed by atoms with Gasteiger partial charge in [0.05, 0.1) is 13.1 Å². The standard InChI is InChI=1S/C17H24F2N4O2/c1-2-20-17(22-12-15(24)23-8-3-4-9-23)21-11-13-6-5-7-14(10-13)25-16(18)19/h5-7,10,16H,2-4,8-9,11-12H2,1H3,(H2,20,21,22). The van der Waals surface area contributed by atoms with Crippen molar-refractivity contribution in [3.8, 4) is 5.75 Å². The molecule has 1 fully saturated rings. The van der Waals surface area contributed by atoms with E-state index in [9.17, 15) is 13.6 Å². The van der Waals surface area contributed by atoms with Crippen LogP contribution in [0.1, 0.15) is 25.3 Å². The van der Waals surface area contributed by atoms with Crippen molar-refractivity contribution in [2.45, 2.75) is 32.9 Å². The fraction of sp³-hybridized carbons (Fsp3) is 0.529. The molecule has 1 aromatic carbocycles. The van der Waals surface area contributed by atoms with Crippen molar-refractivity contribution >= 4 is 11.9 Å². The first-order chi connectivity index (χ1) is 12.1. The Labute approximate surface area is 146 Å². The molecule has 2 rings (SSSR count). The molecule has 0 unspecified atom stereocenters. The van der Waals surface area contributed by atoms with Crippen LogP contribution in [0.3, 0.4) is 0 Å². The van der Waals surface area contributed by atoms with Crippen LogP contribution in [0.5, 0.6) is 5.75 Å². The number of carbonyl (C=O) groups is 1. The number of halogens is 2. The van der Waals surface area contributed by atoms with Gasteiger partial charge in [0.1, 0.15) is 5.75 Å². The van der Waals surface area contributed by atoms with Crippen molar-refractivity contribution in [3.63, 3.8) is 0 Å². The maximum atomic E-state index is 12.3. The normalized spacial score (nSPS) is 14.7. The second-order valence-corrected chi connectivity index (χ2v) is 5.66. The molecule has 0 aromatic heterocycles. The Balaban J connectivity index is 1.91. The molecule has 138 valence electrons. The van der Waals surface area contributed by atoms with Crippen LogP contribution in [-0.2, 0) is 11.3 Å². The highest BCUT2D eigenvalue weighted by molar-refractivity contribution is 5.86. The molecule has 6 nitrogen and oxygen atoms in total. The minimum atomic E-state index is -2.85. The van der Waals surface area contributed by atoms with Crippen LogP contribution >= 0.6 is 0 Å². The van der Waals surface area contributed by atoms with Crippen LogP contribution in [0.15, 0.2) is 29.3 Å². The molecule has 1 aliphatic heterocycles. The van der Waals surface area contributed by atoms with Crippen LogP contribution in [-0.4, -0.2) is 49.6 Å². The molecule has 0 bridgehead atoms. The number of rotatable bonds is 7. The van der Waals surface area contributed by atoms with Gasteiger partial charge >= 0.3 is 6.61 Å². The second-order valence-electron chi connectivity index (χ2n) is 5.66. The molecule has 0 spiro atoms. The topological polar surface area (TPSA) is 66.0 Å². The highest BCUT2D eigenvalue weighted by Crippen LogP contribution is 2.16. The van der Waals surface area contributed by atoms with Gasteiger partial charge in [-0.2, -0.15) is 8.78 Å². The van der Waals surface area contributed by atoms with E-state index >= 15 is 0 Å². The van der Waals surface area contributed by atoms with Crippen LogP contribution in [0.2, 0.25) is 0 Å². The predicted molar refractivity (Wildman–Crippen MR) is 91.7 cm³/mol. The maximum Gasteiger partial charge on any atom is 0.387 e. The minimum absolute atomic E-state index is 0.0513. The molecule has 1 aromatic rings. The van der Waals surface area contributed by atoms with Gasteiger partial charge in [-0.3, -0.25) is 4.79 Å². The van der Waals surface area contributed by atoms with E-state index in [1.165, 1.54) is 12.1 Å². The summed E-state index contributed by atoms with van der Waals surface area (Å²) in [6.07, 6.45) is 2.11. The van der Waals surface area contributed by atoms with Crippen LogP contribution in [0.4, 0.5) is 8.78 Å². The predicted octanol–water partition coefficient (Wildman–Crippen LogP) is 1.97. The third kappa shape index (κ3) is 6.56. The zero-order chi connectivity index (χ0) is 18.1. The fourth-order valence-electron chi connectivity index (χ4n) is 2.57. The van der Waals surface area contributed by atoms with Crippen molar-refractivity contribution in [2.24, 2.45) is 4.99 Å². The van der Waals surface area contributed by atoms with Gasteiger partial charge in [0.2, 0.25) is 5.91 Å². The third-order valence-electron chi connectivity index (χ3n) is 3.75. The van der Waals surface area contributed by atoms with Gasteiger partial charge in [-0.25, -0.2) is 4.99 Å². The maximum absolute atomic E-state index is 12.3. The minimum Gasteiger partial charge on any atom is -0.435 e. The Morgan fingerprint density at radius 1 is 1.32 bits per heavy atom. The van der Waals surface area contributed by atoms with Gasteiger partial charge in [0, 0.05) is 19.6 Å². The van der Waals surface area contributed by atoms with E-state index in [0.717, 1.165) is 31.5 Å². The lowest BCUT2D eigenvalue weighted by atomic mass is 10.2. The molecular formula is C17H24F2N4O2. The molecule has 0 aliphatic carbocycles. The number of amides is 1. The molecule has 0 radical (unpaired) electrons. The summed E-state index contributed by atoms with van der Waals surface area (Å²) in [7, 11) is 0. The monoisotopic (exact) mass is 354 g/mol. The number of benzene rings is 1. The second kappa shape index (κ2) is 9.80. The number of carbonyl (C=O) groups excluding carboxylic acids is 1. The molecule has 2 N–H and O–H groups in total. The molecule has 1 heterocycles. The van der Waals surface area contributed by atoms with Crippen LogP contribution < -0.4 is 15.4 Å². The number of aliphatic imine (C=N–C) groups is 1. The van der Waals surface area contributed by atoms with Gasteiger partial charge < -0.3 is 20.3 Å². The number of likely N-dealkylation sites (tertiary alicyclic amines) is 1. The summed E-state index contributed by atoms with van der Waals surface area (Å²) in [5.41, 5.74) is 0.737. The summed E-state index contributed by atoms with van der Waals surface area (Å²) in [6, 6.07) is 6.41. The van der Waals surface area contributed by atoms with E-state index in [4.69, 9.17) is 0 Å². The molecular weight excluding hydrogens is 330 g/mol. The largest absolute Gasteiger partial charge is 0.435 e. The molecule has 0 atom stereocenters. The Bertz CT molecular complexity index is 590. The van der Waals surface area contributed by atoms with Crippen molar-refractivity contribution in [1.29, 1.82) is 0 Å². The Morgan fingerprint density at radius 2 is 2.08 bits per heavy atom. The summed E-state index contributed by atoms with van der Waals surface area (Å²) in [4.78, 5) is 18.3. The van der Waals surface area contributed by atoms with Gasteiger partial charge in [-0.05, 0) is 37.5 Å². The average Bonchev–Trinajstić information content (AvgIpc) is 3.11. The number of nitrogens with one attached hydrogen (secondary N) is 2. The number of alkyl halides is 2. The lowest BCUT2D eigenvalue weighted by Crippen LogP contribution is -2.44. The summed E-state index contributed by atoms with van der Waals surface area (Å²) in [5, 5.41) is 6.07. The van der Waals surface area contributed by atoms with Gasteiger partial charge in [-0.1, -0.05) is 12.1 Å². The first-order valence-electron chi connectivity index (χ1n) is 8.42. The number of ether oxygens (including phenoxy) is 1. The lowest BCUT2D eigenvalue weighted by Gasteiger charge is -2.17. The first kappa shape index (κ1) is 19.0.